The molecule has 0 radical (unpaired) electrons. The van der Waals surface area contributed by atoms with Crippen molar-refractivity contribution in [2.45, 2.75) is 26.2 Å². The van der Waals surface area contributed by atoms with E-state index in [1.54, 1.807) is 6.92 Å². The second-order valence-electron chi connectivity index (χ2n) is 7.36. The van der Waals surface area contributed by atoms with Crippen molar-refractivity contribution in [2.75, 3.05) is 0 Å². The van der Waals surface area contributed by atoms with Gasteiger partial charge in [-0.25, -0.2) is 14.6 Å². The topological polar surface area (TPSA) is 124 Å². The molecule has 10 heteroatoms. The molecule has 4 rings (SSSR count). The predicted molar refractivity (Wildman–Crippen MR) is 115 cm³/mol. The summed E-state index contributed by atoms with van der Waals surface area (Å²) in [5.74, 6) is -1.05. The lowest BCUT2D eigenvalue weighted by Gasteiger charge is -2.13. The Labute approximate surface area is 187 Å². The summed E-state index contributed by atoms with van der Waals surface area (Å²) in [5, 5.41) is 15.1. The van der Waals surface area contributed by atoms with Gasteiger partial charge in [0.25, 0.3) is 11.6 Å². The molecule has 168 valence electrons. The predicted octanol–water partition coefficient (Wildman–Crippen LogP) is 4.32. The highest BCUT2D eigenvalue weighted by Gasteiger charge is 2.29. The average molecular weight is 451 g/mol. The molecule has 0 saturated heterocycles. The van der Waals surface area contributed by atoms with E-state index in [2.05, 4.69) is 10.5 Å². The second kappa shape index (κ2) is 9.03. The highest BCUT2D eigenvalue weighted by atomic mass is 19.1. The summed E-state index contributed by atoms with van der Waals surface area (Å²) in [4.78, 5) is 35.4. The van der Waals surface area contributed by atoms with Gasteiger partial charge in [-0.15, -0.1) is 0 Å². The van der Waals surface area contributed by atoms with Gasteiger partial charge in [-0.05, 0) is 50.1 Å². The first-order chi connectivity index (χ1) is 15.8. The van der Waals surface area contributed by atoms with Crippen molar-refractivity contribution in [1.29, 1.82) is 0 Å². The van der Waals surface area contributed by atoms with Crippen molar-refractivity contribution in [3.63, 3.8) is 0 Å². The van der Waals surface area contributed by atoms with Crippen molar-refractivity contribution >= 4 is 23.3 Å². The number of nitrogens with one attached hydrogen (secondary N) is 1. The van der Waals surface area contributed by atoms with E-state index in [-0.39, 0.29) is 22.8 Å². The molecule has 2 aromatic carbocycles. The number of nitro benzene ring substituents is 1. The fourth-order valence-corrected chi connectivity index (χ4v) is 3.57. The Hall–Kier alpha value is -4.34. The zero-order valence-electron chi connectivity index (χ0n) is 17.5. The number of aryl methyl sites for hydroxylation is 1. The molecule has 3 aromatic rings. The molecular formula is C23H18FN3O6. The maximum Gasteiger partial charge on any atom is 0.379 e. The van der Waals surface area contributed by atoms with Crippen LogP contribution in [0, 0.1) is 22.9 Å². The lowest BCUT2D eigenvalue weighted by molar-refractivity contribution is -0.384. The number of benzene rings is 2. The molecule has 0 saturated carbocycles. The smallest absolute Gasteiger partial charge is 0.379 e. The Kier molecular flexibility index (Phi) is 5.99. The van der Waals surface area contributed by atoms with Gasteiger partial charge < -0.3 is 9.15 Å². The van der Waals surface area contributed by atoms with Crippen LogP contribution in [0.1, 0.15) is 50.6 Å². The Morgan fingerprint density at radius 1 is 1.18 bits per heavy atom. The third-order valence-corrected chi connectivity index (χ3v) is 5.15. The lowest BCUT2D eigenvalue weighted by atomic mass is 9.93. The van der Waals surface area contributed by atoms with Crippen molar-refractivity contribution in [3.05, 3.63) is 92.7 Å². The summed E-state index contributed by atoms with van der Waals surface area (Å²) in [7, 11) is 0. The van der Waals surface area contributed by atoms with Gasteiger partial charge in [0.1, 0.15) is 17.3 Å². The second-order valence-corrected chi connectivity index (χ2v) is 7.36. The van der Waals surface area contributed by atoms with Gasteiger partial charge in [0.2, 0.25) is 5.76 Å². The number of ether oxygens (including phenoxy) is 1. The van der Waals surface area contributed by atoms with Gasteiger partial charge in [-0.2, -0.15) is 5.10 Å². The number of carbonyl (C=O) groups is 2. The number of fused-ring (bicyclic) bond motifs is 1. The molecule has 1 heterocycles. The van der Waals surface area contributed by atoms with E-state index in [1.165, 1.54) is 42.5 Å². The van der Waals surface area contributed by atoms with E-state index in [9.17, 15) is 24.1 Å². The normalized spacial score (nSPS) is 13.9. The number of halogens is 1. The van der Waals surface area contributed by atoms with Gasteiger partial charge in [0.15, 0.2) is 0 Å². The van der Waals surface area contributed by atoms with Crippen LogP contribution in [0.15, 0.2) is 58.0 Å². The Morgan fingerprint density at radius 3 is 2.67 bits per heavy atom. The number of rotatable bonds is 5. The number of hydrogen-bond acceptors (Lipinski definition) is 7. The monoisotopic (exact) mass is 451 g/mol. The Balaban J connectivity index is 1.55. The molecular weight excluding hydrogens is 433 g/mol. The molecule has 1 aliphatic carbocycles. The maximum atomic E-state index is 13.1. The SMILES string of the molecule is Cc1c(C(=O)Oc2ccc(F)cc2)oc2c1/C(=N/NC(=O)c1cccc([N+](=O)[O-])c1)CCC2. The van der Waals surface area contributed by atoms with Crippen LogP contribution < -0.4 is 10.2 Å². The van der Waals surface area contributed by atoms with Crippen LogP contribution >= 0.6 is 0 Å². The van der Waals surface area contributed by atoms with Crippen LogP contribution in [-0.2, 0) is 6.42 Å². The molecule has 1 N–H and O–H groups in total. The maximum absolute atomic E-state index is 13.1. The standard InChI is InChI=1S/C23H18FN3O6/c1-13-20-18(25-26-22(28)14-4-2-5-16(12-14)27(30)31)6-3-7-19(20)33-21(13)23(29)32-17-10-8-15(24)9-11-17/h2,4-5,8-12H,3,6-7H2,1H3,(H,26,28)/b25-18+. The number of amides is 1. The van der Waals surface area contributed by atoms with Gasteiger partial charge in [-0.1, -0.05) is 6.07 Å². The van der Waals surface area contributed by atoms with Crippen molar-refractivity contribution in [2.24, 2.45) is 5.10 Å². The number of nitrogens with zero attached hydrogens (tertiary/aromatic N) is 2. The zero-order chi connectivity index (χ0) is 23.5. The molecule has 9 nitrogen and oxygen atoms in total. The summed E-state index contributed by atoms with van der Waals surface area (Å²) in [6.07, 6.45) is 1.81. The van der Waals surface area contributed by atoms with E-state index in [1.807, 2.05) is 0 Å². The first kappa shape index (κ1) is 21.9. The molecule has 33 heavy (non-hydrogen) atoms. The summed E-state index contributed by atoms with van der Waals surface area (Å²) < 4.78 is 24.1. The quantitative estimate of drug-likeness (QED) is 0.267. The number of carbonyl (C=O) groups excluding carboxylic acids is 2. The van der Waals surface area contributed by atoms with E-state index in [0.29, 0.717) is 41.9 Å². The van der Waals surface area contributed by atoms with Gasteiger partial charge in [-0.3, -0.25) is 14.9 Å². The minimum absolute atomic E-state index is 0.00364. The van der Waals surface area contributed by atoms with Crippen LogP contribution in [0.2, 0.25) is 0 Å². The summed E-state index contributed by atoms with van der Waals surface area (Å²) >= 11 is 0. The van der Waals surface area contributed by atoms with Crippen LogP contribution in [0.3, 0.4) is 0 Å². The summed E-state index contributed by atoms with van der Waals surface area (Å²) in [6.45, 7) is 1.69. The molecule has 1 aliphatic rings. The lowest BCUT2D eigenvalue weighted by Crippen LogP contribution is -2.22. The molecule has 1 aromatic heterocycles. The summed E-state index contributed by atoms with van der Waals surface area (Å²) in [6, 6.07) is 10.3. The van der Waals surface area contributed by atoms with E-state index in [0.717, 1.165) is 6.07 Å². The molecule has 0 aliphatic heterocycles. The minimum atomic E-state index is -0.728. The van der Waals surface area contributed by atoms with Gasteiger partial charge >= 0.3 is 5.97 Å². The average Bonchev–Trinajstić information content (AvgIpc) is 3.16. The highest BCUT2D eigenvalue weighted by Crippen LogP contribution is 2.30. The fraction of sp³-hybridized carbons (Fsp3) is 0.174. The number of non-ortho nitro benzene ring substituents is 1. The van der Waals surface area contributed by atoms with Gasteiger partial charge in [0.05, 0.1) is 10.6 Å². The third kappa shape index (κ3) is 4.64. The van der Waals surface area contributed by atoms with Crippen LogP contribution in [0.4, 0.5) is 10.1 Å². The van der Waals surface area contributed by atoms with Crippen LogP contribution in [0.5, 0.6) is 5.75 Å². The molecule has 0 fully saturated rings. The largest absolute Gasteiger partial charge is 0.453 e. The molecule has 0 spiro atoms. The van der Waals surface area contributed by atoms with Gasteiger partial charge in [0, 0.05) is 35.2 Å². The molecule has 0 unspecified atom stereocenters. The van der Waals surface area contributed by atoms with Crippen molar-refractivity contribution in [1.82, 2.24) is 5.43 Å². The van der Waals surface area contributed by atoms with E-state index in [4.69, 9.17) is 9.15 Å². The number of hydrazone groups is 1. The number of nitro groups is 1. The van der Waals surface area contributed by atoms with E-state index < -0.39 is 22.6 Å². The van der Waals surface area contributed by atoms with Crippen LogP contribution in [-0.4, -0.2) is 22.5 Å². The molecule has 1 amide bonds. The highest BCUT2D eigenvalue weighted by molar-refractivity contribution is 6.06. The van der Waals surface area contributed by atoms with Crippen molar-refractivity contribution < 1.29 is 28.1 Å². The number of hydrogen-bond donors (Lipinski definition) is 1. The first-order valence-corrected chi connectivity index (χ1v) is 10.0. The first-order valence-electron chi connectivity index (χ1n) is 10.0. The Morgan fingerprint density at radius 2 is 1.94 bits per heavy atom. The third-order valence-electron chi connectivity index (χ3n) is 5.15. The minimum Gasteiger partial charge on any atom is -0.453 e. The Bertz CT molecular complexity index is 1280. The van der Waals surface area contributed by atoms with E-state index >= 15 is 0 Å². The van der Waals surface area contributed by atoms with Crippen molar-refractivity contribution in [3.8, 4) is 5.75 Å². The van der Waals surface area contributed by atoms with Crippen LogP contribution in [0.25, 0.3) is 0 Å². The number of esters is 1. The molecule has 0 atom stereocenters. The summed E-state index contributed by atoms with van der Waals surface area (Å²) in [5.41, 5.74) is 3.97. The molecule has 0 bridgehead atoms. The fourth-order valence-electron chi connectivity index (χ4n) is 3.57. The number of furan rings is 1. The zero-order valence-corrected chi connectivity index (χ0v) is 17.5.